The van der Waals surface area contributed by atoms with Gasteiger partial charge in [-0.05, 0) is 41.4 Å². The van der Waals surface area contributed by atoms with Crippen LogP contribution in [0.3, 0.4) is 0 Å². The number of aromatic nitrogens is 2. The van der Waals surface area contributed by atoms with Crippen LogP contribution < -0.4 is 10.1 Å². The van der Waals surface area contributed by atoms with Gasteiger partial charge in [-0.2, -0.15) is 0 Å². The van der Waals surface area contributed by atoms with Crippen molar-refractivity contribution < 1.29 is 14.2 Å². The first-order valence-electron chi connectivity index (χ1n) is 8.12. The number of ether oxygens (including phenoxy) is 1. The number of nitrogens with one attached hydrogen (secondary N) is 1. The van der Waals surface area contributed by atoms with Gasteiger partial charge >= 0.3 is 0 Å². The molecule has 1 heterocycles. The molecule has 0 spiro atoms. The fourth-order valence-electron chi connectivity index (χ4n) is 2.34. The highest BCUT2D eigenvalue weighted by Crippen LogP contribution is 2.24. The first-order valence-corrected chi connectivity index (χ1v) is 8.12. The van der Waals surface area contributed by atoms with Crippen molar-refractivity contribution in [2.75, 3.05) is 5.32 Å². The summed E-state index contributed by atoms with van der Waals surface area (Å²) in [5.41, 5.74) is 2.50. The Morgan fingerprint density at radius 1 is 1.12 bits per heavy atom. The maximum absolute atomic E-state index is 12.4. The molecule has 1 N–H and O–H groups in total. The SMILES string of the molecule is CCc1ccc(O[C@H](C)C(=O)Nc2nonc2-c2ccccc2)cc1. The van der Waals surface area contributed by atoms with Crippen molar-refractivity contribution in [3.63, 3.8) is 0 Å². The van der Waals surface area contributed by atoms with Crippen molar-refractivity contribution in [2.24, 2.45) is 0 Å². The predicted molar refractivity (Wildman–Crippen MR) is 94.3 cm³/mol. The number of hydrogen-bond acceptors (Lipinski definition) is 5. The Kier molecular flexibility index (Phi) is 5.09. The molecular weight excluding hydrogens is 318 g/mol. The monoisotopic (exact) mass is 337 g/mol. The first-order chi connectivity index (χ1) is 12.2. The van der Waals surface area contributed by atoms with Crippen LogP contribution in [0.1, 0.15) is 19.4 Å². The van der Waals surface area contributed by atoms with E-state index in [0.29, 0.717) is 11.4 Å². The Hall–Kier alpha value is -3.15. The minimum atomic E-state index is -0.687. The van der Waals surface area contributed by atoms with Gasteiger partial charge in [0.2, 0.25) is 5.82 Å². The second kappa shape index (κ2) is 7.61. The second-order valence-electron chi connectivity index (χ2n) is 5.57. The Labute approximate surface area is 145 Å². The van der Waals surface area contributed by atoms with Crippen LogP contribution >= 0.6 is 0 Å². The van der Waals surface area contributed by atoms with E-state index in [1.54, 1.807) is 6.92 Å². The summed E-state index contributed by atoms with van der Waals surface area (Å²) in [5.74, 6) is 0.585. The maximum Gasteiger partial charge on any atom is 0.266 e. The molecule has 0 radical (unpaired) electrons. The third-order valence-electron chi connectivity index (χ3n) is 3.79. The lowest BCUT2D eigenvalue weighted by Gasteiger charge is -2.14. The molecule has 0 aliphatic rings. The van der Waals surface area contributed by atoms with E-state index >= 15 is 0 Å². The van der Waals surface area contributed by atoms with E-state index in [4.69, 9.17) is 9.37 Å². The molecule has 1 atom stereocenters. The van der Waals surface area contributed by atoms with Gasteiger partial charge in [0, 0.05) is 5.56 Å². The summed E-state index contributed by atoms with van der Waals surface area (Å²) in [5, 5.41) is 10.3. The Bertz CT molecular complexity index is 829. The molecule has 3 aromatic rings. The molecule has 3 rings (SSSR count). The van der Waals surface area contributed by atoms with Crippen molar-refractivity contribution in [3.05, 3.63) is 60.2 Å². The number of carbonyl (C=O) groups is 1. The largest absolute Gasteiger partial charge is 0.481 e. The van der Waals surface area contributed by atoms with Crippen LogP contribution in [0.15, 0.2) is 59.2 Å². The smallest absolute Gasteiger partial charge is 0.266 e. The van der Waals surface area contributed by atoms with Crippen molar-refractivity contribution in [3.8, 4) is 17.0 Å². The Morgan fingerprint density at radius 3 is 2.52 bits per heavy atom. The maximum atomic E-state index is 12.4. The molecule has 0 fully saturated rings. The molecule has 0 unspecified atom stereocenters. The van der Waals surface area contributed by atoms with Crippen LogP contribution in [0.5, 0.6) is 5.75 Å². The Balaban J connectivity index is 1.67. The first kappa shape index (κ1) is 16.7. The van der Waals surface area contributed by atoms with Crippen LogP contribution in [-0.4, -0.2) is 22.3 Å². The van der Waals surface area contributed by atoms with Gasteiger partial charge in [-0.1, -0.05) is 49.4 Å². The van der Waals surface area contributed by atoms with Crippen LogP contribution in [0.25, 0.3) is 11.3 Å². The highest BCUT2D eigenvalue weighted by molar-refractivity contribution is 5.95. The second-order valence-corrected chi connectivity index (χ2v) is 5.57. The molecule has 2 aromatic carbocycles. The molecule has 25 heavy (non-hydrogen) atoms. The van der Waals surface area contributed by atoms with Gasteiger partial charge in [-0.15, -0.1) is 0 Å². The molecule has 0 bridgehead atoms. The minimum Gasteiger partial charge on any atom is -0.481 e. The number of carbonyl (C=O) groups excluding carboxylic acids is 1. The highest BCUT2D eigenvalue weighted by Gasteiger charge is 2.20. The highest BCUT2D eigenvalue weighted by atomic mass is 16.6. The average Bonchev–Trinajstić information content (AvgIpc) is 3.11. The molecule has 0 saturated carbocycles. The number of hydrogen-bond donors (Lipinski definition) is 1. The van der Waals surface area contributed by atoms with E-state index < -0.39 is 6.10 Å². The Morgan fingerprint density at radius 2 is 1.84 bits per heavy atom. The van der Waals surface area contributed by atoms with Gasteiger partial charge in [0.05, 0.1) is 0 Å². The molecule has 0 aliphatic carbocycles. The molecule has 1 aromatic heterocycles. The van der Waals surface area contributed by atoms with E-state index in [9.17, 15) is 4.79 Å². The zero-order valence-electron chi connectivity index (χ0n) is 14.1. The zero-order valence-corrected chi connectivity index (χ0v) is 14.1. The molecule has 128 valence electrons. The summed E-state index contributed by atoms with van der Waals surface area (Å²) < 4.78 is 10.4. The van der Waals surface area contributed by atoms with Crippen LogP contribution in [0.2, 0.25) is 0 Å². The third kappa shape index (κ3) is 4.03. The summed E-state index contributed by atoms with van der Waals surface area (Å²) in [6.45, 7) is 3.76. The number of aryl methyl sites for hydroxylation is 1. The number of nitrogens with zero attached hydrogens (tertiary/aromatic N) is 2. The lowest BCUT2D eigenvalue weighted by Crippen LogP contribution is -2.30. The molecule has 0 saturated heterocycles. The summed E-state index contributed by atoms with van der Waals surface area (Å²) in [7, 11) is 0. The van der Waals surface area contributed by atoms with Crippen LogP contribution in [0, 0.1) is 0 Å². The van der Waals surface area contributed by atoms with E-state index in [0.717, 1.165) is 12.0 Å². The third-order valence-corrected chi connectivity index (χ3v) is 3.79. The zero-order chi connectivity index (χ0) is 17.6. The summed E-state index contributed by atoms with van der Waals surface area (Å²) in [6, 6.07) is 17.1. The van der Waals surface area contributed by atoms with E-state index in [1.165, 1.54) is 5.56 Å². The van der Waals surface area contributed by atoms with Crippen LogP contribution in [0.4, 0.5) is 5.82 Å². The van der Waals surface area contributed by atoms with Gasteiger partial charge < -0.3 is 10.1 Å². The van der Waals surface area contributed by atoms with Crippen molar-refractivity contribution in [1.29, 1.82) is 0 Å². The lowest BCUT2D eigenvalue weighted by molar-refractivity contribution is -0.122. The van der Waals surface area contributed by atoms with E-state index in [1.807, 2.05) is 54.6 Å². The molecule has 0 aliphatic heterocycles. The van der Waals surface area contributed by atoms with Crippen molar-refractivity contribution >= 4 is 11.7 Å². The number of benzene rings is 2. The van der Waals surface area contributed by atoms with E-state index in [2.05, 4.69) is 22.6 Å². The normalized spacial score (nSPS) is 11.8. The topological polar surface area (TPSA) is 77.2 Å². The van der Waals surface area contributed by atoms with Crippen molar-refractivity contribution in [1.82, 2.24) is 10.3 Å². The summed E-state index contributed by atoms with van der Waals surface area (Å²) >= 11 is 0. The quantitative estimate of drug-likeness (QED) is 0.742. The molecular formula is C19H19N3O3. The van der Waals surface area contributed by atoms with Gasteiger partial charge in [0.1, 0.15) is 5.75 Å². The fourth-order valence-corrected chi connectivity index (χ4v) is 2.34. The minimum absolute atomic E-state index is 0.271. The van der Waals surface area contributed by atoms with Gasteiger partial charge in [0.25, 0.3) is 5.91 Å². The molecule has 6 nitrogen and oxygen atoms in total. The van der Waals surface area contributed by atoms with Crippen LogP contribution in [-0.2, 0) is 11.2 Å². The van der Waals surface area contributed by atoms with Gasteiger partial charge in [-0.25, -0.2) is 4.63 Å². The average molecular weight is 337 g/mol. The standard InChI is InChI=1S/C19H19N3O3/c1-3-14-9-11-16(12-10-14)24-13(2)19(23)20-18-17(21-25-22-18)15-7-5-4-6-8-15/h4-13H,3H2,1-2H3,(H,20,22,23)/t13-/m1/s1. The molecule has 1 amide bonds. The lowest BCUT2D eigenvalue weighted by atomic mass is 10.1. The fraction of sp³-hybridized carbons (Fsp3) is 0.211. The number of amides is 1. The number of anilines is 1. The number of rotatable bonds is 6. The summed E-state index contributed by atoms with van der Waals surface area (Å²) in [4.78, 5) is 12.4. The predicted octanol–water partition coefficient (Wildman–Crippen LogP) is 3.71. The van der Waals surface area contributed by atoms with Gasteiger partial charge in [0.15, 0.2) is 11.8 Å². The summed E-state index contributed by atoms with van der Waals surface area (Å²) in [6.07, 6.45) is 0.269. The molecule has 6 heteroatoms. The van der Waals surface area contributed by atoms with Crippen molar-refractivity contribution in [2.45, 2.75) is 26.4 Å². The van der Waals surface area contributed by atoms with Gasteiger partial charge in [-0.3, -0.25) is 4.79 Å². The van der Waals surface area contributed by atoms with E-state index in [-0.39, 0.29) is 11.7 Å².